The number of nitrogens with one attached hydrogen (secondary N) is 2. The Morgan fingerprint density at radius 1 is 0.974 bits per heavy atom. The van der Waals surface area contributed by atoms with Gasteiger partial charge in [-0.15, -0.1) is 0 Å². The molecule has 3 amide bonds. The van der Waals surface area contributed by atoms with Crippen molar-refractivity contribution < 1.29 is 24.2 Å². The summed E-state index contributed by atoms with van der Waals surface area (Å²) < 4.78 is 5.45. The van der Waals surface area contributed by atoms with Crippen molar-refractivity contribution in [1.82, 2.24) is 15.5 Å². The highest BCUT2D eigenvalue weighted by Crippen LogP contribution is 2.34. The van der Waals surface area contributed by atoms with Crippen molar-refractivity contribution >= 4 is 17.9 Å². The Bertz CT molecular complexity index is 1110. The van der Waals surface area contributed by atoms with Crippen LogP contribution in [0.4, 0.5) is 4.79 Å². The number of ether oxygens (including phenoxy) is 1. The first-order valence-corrected chi connectivity index (χ1v) is 13.7. The van der Waals surface area contributed by atoms with Crippen LogP contribution in [0, 0.1) is 12.8 Å². The average Bonchev–Trinajstić information content (AvgIpc) is 2.89. The molecule has 3 N–H and O–H groups in total. The molecule has 0 saturated heterocycles. The van der Waals surface area contributed by atoms with E-state index in [-0.39, 0.29) is 24.3 Å². The first kappa shape index (κ1) is 31.7. The van der Waals surface area contributed by atoms with Gasteiger partial charge in [-0.3, -0.25) is 9.59 Å². The fourth-order valence-electron chi connectivity index (χ4n) is 4.28. The van der Waals surface area contributed by atoms with E-state index in [0.29, 0.717) is 24.0 Å². The Labute approximate surface area is 233 Å². The predicted molar refractivity (Wildman–Crippen MR) is 153 cm³/mol. The number of amides is 3. The number of carbonyl (C=O) groups excluding carboxylic acids is 3. The van der Waals surface area contributed by atoms with E-state index in [4.69, 9.17) is 4.74 Å². The van der Waals surface area contributed by atoms with Crippen molar-refractivity contribution in [3.8, 4) is 5.75 Å². The lowest BCUT2D eigenvalue weighted by Gasteiger charge is -2.39. The highest BCUT2D eigenvalue weighted by atomic mass is 16.6. The number of hydrogen-bond donors (Lipinski definition) is 3. The summed E-state index contributed by atoms with van der Waals surface area (Å²) in [6, 6.07) is 12.2. The summed E-state index contributed by atoms with van der Waals surface area (Å²) in [4.78, 5) is 42.5. The molecular weight excluding hydrogens is 494 g/mol. The third kappa shape index (κ3) is 8.73. The van der Waals surface area contributed by atoms with Gasteiger partial charge in [0, 0.05) is 18.2 Å². The Kier molecular flexibility index (Phi) is 11.4. The molecule has 4 unspecified atom stereocenters. The second-order valence-corrected chi connectivity index (χ2v) is 11.1. The average molecular weight is 540 g/mol. The third-order valence-corrected chi connectivity index (χ3v) is 6.87. The third-order valence-electron chi connectivity index (χ3n) is 6.87. The van der Waals surface area contributed by atoms with Crippen molar-refractivity contribution in [3.63, 3.8) is 0 Å². The lowest BCUT2D eigenvalue weighted by molar-refractivity contribution is -0.146. The molecule has 214 valence electrons. The molecule has 0 aliphatic heterocycles. The fourth-order valence-corrected chi connectivity index (χ4v) is 4.28. The van der Waals surface area contributed by atoms with Crippen LogP contribution >= 0.6 is 0 Å². The molecule has 0 bridgehead atoms. The number of nitrogens with zero attached hydrogens (tertiary/aromatic N) is 1. The molecule has 2 aromatic carbocycles. The normalized spacial score (nSPS) is 14.5. The van der Waals surface area contributed by atoms with Crippen LogP contribution in [0.3, 0.4) is 0 Å². The molecule has 8 nitrogen and oxygen atoms in total. The van der Waals surface area contributed by atoms with Crippen molar-refractivity contribution in [2.24, 2.45) is 5.92 Å². The molecular formula is C31H45N3O5. The molecule has 0 saturated carbocycles. The smallest absolute Gasteiger partial charge is 0.408 e. The summed E-state index contributed by atoms with van der Waals surface area (Å²) in [7, 11) is 0. The van der Waals surface area contributed by atoms with Gasteiger partial charge in [0.1, 0.15) is 23.4 Å². The number of hydrogen-bond acceptors (Lipinski definition) is 5. The Morgan fingerprint density at radius 2 is 1.62 bits per heavy atom. The number of aromatic hydroxyl groups is 1. The quantitative estimate of drug-likeness (QED) is 0.343. The molecule has 39 heavy (non-hydrogen) atoms. The van der Waals surface area contributed by atoms with Crippen molar-refractivity contribution in [2.45, 2.75) is 98.5 Å². The van der Waals surface area contributed by atoms with Gasteiger partial charge in [0.05, 0.1) is 0 Å². The zero-order valence-electron chi connectivity index (χ0n) is 24.6. The fraction of sp³-hybridized carbons (Fsp3) is 0.516. The molecule has 4 atom stereocenters. The first-order valence-electron chi connectivity index (χ1n) is 13.7. The van der Waals surface area contributed by atoms with Gasteiger partial charge in [-0.25, -0.2) is 4.79 Å². The lowest BCUT2D eigenvalue weighted by Crippen LogP contribution is -2.57. The molecule has 0 aromatic heterocycles. The first-order chi connectivity index (χ1) is 18.3. The van der Waals surface area contributed by atoms with E-state index >= 15 is 0 Å². The molecule has 2 rings (SSSR count). The van der Waals surface area contributed by atoms with Crippen LogP contribution in [0.25, 0.3) is 0 Å². The molecule has 0 radical (unpaired) electrons. The number of phenols is 1. The maximum Gasteiger partial charge on any atom is 0.408 e. The van der Waals surface area contributed by atoms with Gasteiger partial charge in [0.15, 0.2) is 0 Å². The number of rotatable bonds is 11. The number of phenolic OH excluding ortho intramolecular Hbond substituents is 1. The maximum atomic E-state index is 14.3. The van der Waals surface area contributed by atoms with E-state index in [1.54, 1.807) is 45.9 Å². The number of alkyl carbamates (subject to hydrolysis) is 1. The number of para-hydroxylation sites is 1. The molecule has 0 spiro atoms. The van der Waals surface area contributed by atoms with Crippen molar-refractivity contribution in [2.75, 3.05) is 0 Å². The van der Waals surface area contributed by atoms with Crippen LogP contribution < -0.4 is 10.6 Å². The number of benzene rings is 2. The summed E-state index contributed by atoms with van der Waals surface area (Å²) in [6.45, 7) is 14.9. The zero-order chi connectivity index (χ0) is 29.3. The minimum Gasteiger partial charge on any atom is -0.507 e. The Hall–Kier alpha value is -3.55. The number of aryl methyl sites for hydroxylation is 1. The minimum atomic E-state index is -1.12. The van der Waals surface area contributed by atoms with E-state index in [0.717, 1.165) is 5.56 Å². The highest BCUT2D eigenvalue weighted by molar-refractivity contribution is 5.93. The lowest BCUT2D eigenvalue weighted by atomic mass is 9.93. The topological polar surface area (TPSA) is 108 Å². The molecule has 0 heterocycles. The van der Waals surface area contributed by atoms with Crippen LogP contribution in [-0.4, -0.2) is 45.6 Å². The summed E-state index contributed by atoms with van der Waals surface area (Å²) >= 11 is 0. The second kappa shape index (κ2) is 14.0. The van der Waals surface area contributed by atoms with Crippen molar-refractivity contribution in [1.29, 1.82) is 0 Å². The van der Waals surface area contributed by atoms with Crippen LogP contribution in [0.15, 0.2) is 48.5 Å². The Morgan fingerprint density at radius 3 is 2.18 bits per heavy atom. The van der Waals surface area contributed by atoms with Gasteiger partial charge in [0.25, 0.3) is 0 Å². The summed E-state index contributed by atoms with van der Waals surface area (Å²) in [5.74, 6) is -1.12. The molecule has 2 aromatic rings. The molecule has 0 aliphatic rings. The minimum absolute atomic E-state index is 0.0429. The standard InChI is InChI=1S/C31H45N3O5/c1-9-20(3)25(33-30(38)39-31(6,7)8)29(37)34(22(5)10-2)26(24-18-14-15-21(4)27(24)35)28(36)32-19-23-16-12-11-13-17-23/h11-18,20,22,25-26,35H,9-10,19H2,1-8H3,(H,32,36)(H,33,38). The van der Waals surface area contributed by atoms with E-state index in [9.17, 15) is 19.5 Å². The predicted octanol–water partition coefficient (Wildman–Crippen LogP) is 5.62. The van der Waals surface area contributed by atoms with E-state index in [1.165, 1.54) is 4.90 Å². The number of carbonyl (C=O) groups is 3. The van der Waals surface area contributed by atoms with Gasteiger partial charge in [-0.2, -0.15) is 0 Å². The van der Waals surface area contributed by atoms with Crippen LogP contribution in [0.1, 0.15) is 84.0 Å². The van der Waals surface area contributed by atoms with E-state index in [1.807, 2.05) is 58.0 Å². The summed E-state index contributed by atoms with van der Waals surface area (Å²) in [5.41, 5.74) is 1.09. The maximum absolute atomic E-state index is 14.3. The second-order valence-electron chi connectivity index (χ2n) is 11.1. The van der Waals surface area contributed by atoms with Crippen LogP contribution in [-0.2, 0) is 20.9 Å². The zero-order valence-corrected chi connectivity index (χ0v) is 24.6. The van der Waals surface area contributed by atoms with Crippen LogP contribution in [0.2, 0.25) is 0 Å². The van der Waals surface area contributed by atoms with Gasteiger partial charge in [-0.05, 0) is 58.1 Å². The van der Waals surface area contributed by atoms with Gasteiger partial charge in [-0.1, -0.05) is 75.7 Å². The molecule has 8 heteroatoms. The summed E-state index contributed by atoms with van der Waals surface area (Å²) in [6.07, 6.45) is 0.468. The highest BCUT2D eigenvalue weighted by Gasteiger charge is 2.41. The van der Waals surface area contributed by atoms with Crippen molar-refractivity contribution in [3.05, 3.63) is 65.2 Å². The van der Waals surface area contributed by atoms with E-state index < -0.39 is 35.6 Å². The Balaban J connectivity index is 2.57. The largest absolute Gasteiger partial charge is 0.507 e. The molecule has 0 aliphatic carbocycles. The SMILES string of the molecule is CCC(C)C(NC(=O)OC(C)(C)C)C(=O)N(C(C)CC)C(C(=O)NCc1ccccc1)c1cccc(C)c1O. The summed E-state index contributed by atoms with van der Waals surface area (Å²) in [5, 5.41) is 16.8. The van der Waals surface area contributed by atoms with Crippen LogP contribution in [0.5, 0.6) is 5.75 Å². The van der Waals surface area contributed by atoms with Gasteiger partial charge < -0.3 is 25.4 Å². The molecule has 0 fully saturated rings. The van der Waals surface area contributed by atoms with E-state index in [2.05, 4.69) is 10.6 Å². The van der Waals surface area contributed by atoms with Gasteiger partial charge in [0.2, 0.25) is 11.8 Å². The monoisotopic (exact) mass is 539 g/mol. The van der Waals surface area contributed by atoms with Gasteiger partial charge >= 0.3 is 6.09 Å².